The molecule has 0 radical (unpaired) electrons. The third-order valence-electron chi connectivity index (χ3n) is 2.60. The van der Waals surface area contributed by atoms with Crippen LogP contribution in [-0.2, 0) is 20.4 Å². The van der Waals surface area contributed by atoms with Crippen molar-refractivity contribution in [1.82, 2.24) is 14.9 Å². The minimum absolute atomic E-state index is 0.410. The molecule has 21 heavy (non-hydrogen) atoms. The van der Waals surface area contributed by atoms with Crippen molar-refractivity contribution in [2.45, 2.75) is 31.7 Å². The number of H-pyrrole nitrogens is 1. The Morgan fingerprint density at radius 3 is 2.57 bits per heavy atom. The largest absolute Gasteiger partial charge is 0.355 e. The normalized spacial score (nSPS) is 11.6. The first-order valence-electron chi connectivity index (χ1n) is 6.16. The molecule has 0 spiro atoms. The molecule has 0 aliphatic carbocycles. The number of amides is 1. The van der Waals surface area contributed by atoms with Gasteiger partial charge in [-0.15, -0.1) is 0 Å². The summed E-state index contributed by atoms with van der Waals surface area (Å²) in [6.07, 6.45) is 1.53. The molecule has 0 unspecified atom stereocenters. The Morgan fingerprint density at radius 2 is 2.05 bits per heavy atom. The third-order valence-corrected chi connectivity index (χ3v) is 3.91. The second-order valence-electron chi connectivity index (χ2n) is 4.85. The predicted molar refractivity (Wildman–Crippen MR) is 76.8 cm³/mol. The van der Waals surface area contributed by atoms with E-state index in [1.165, 1.54) is 0 Å². The molecule has 1 heterocycles. The van der Waals surface area contributed by atoms with E-state index in [-0.39, 0.29) is 0 Å². The highest BCUT2D eigenvalue weighted by atomic mass is 35.7. The monoisotopic (exact) mass is 337 g/mol. The Kier molecular flexibility index (Phi) is 5.73. The predicted octanol–water partition coefficient (Wildman–Crippen LogP) is -0.374. The Labute approximate surface area is 125 Å². The lowest BCUT2D eigenvalue weighted by molar-refractivity contribution is -0.121. The molecule has 8 nitrogen and oxygen atoms in total. The van der Waals surface area contributed by atoms with E-state index in [9.17, 15) is 22.8 Å². The lowest BCUT2D eigenvalue weighted by Crippen LogP contribution is -2.37. The molecule has 2 N–H and O–H groups in total. The van der Waals surface area contributed by atoms with Crippen LogP contribution in [0.15, 0.2) is 20.7 Å². The van der Waals surface area contributed by atoms with Crippen LogP contribution in [0.1, 0.15) is 20.3 Å². The highest BCUT2D eigenvalue weighted by molar-refractivity contribution is 8.13. The van der Waals surface area contributed by atoms with E-state index in [4.69, 9.17) is 10.7 Å². The summed E-state index contributed by atoms with van der Waals surface area (Å²) < 4.78 is 23.1. The molecule has 0 saturated carbocycles. The minimum Gasteiger partial charge on any atom is -0.355 e. The maximum Gasteiger partial charge on any atom is 0.328 e. The van der Waals surface area contributed by atoms with Gasteiger partial charge in [-0.3, -0.25) is 19.1 Å². The van der Waals surface area contributed by atoms with Crippen LogP contribution in [0.2, 0.25) is 0 Å². The third kappa shape index (κ3) is 5.35. The van der Waals surface area contributed by atoms with Crippen molar-refractivity contribution in [3.05, 3.63) is 27.0 Å². The lowest BCUT2D eigenvalue weighted by Gasteiger charge is -2.09. The quantitative estimate of drug-likeness (QED) is 0.686. The summed E-state index contributed by atoms with van der Waals surface area (Å²) in [5.41, 5.74) is -2.01. The summed E-state index contributed by atoms with van der Waals surface area (Å²) >= 11 is 0. The Hall–Kier alpha value is -1.61. The van der Waals surface area contributed by atoms with Crippen LogP contribution in [0.3, 0.4) is 0 Å². The minimum atomic E-state index is -4.30. The van der Waals surface area contributed by atoms with Crippen molar-refractivity contribution in [3.8, 4) is 0 Å². The zero-order valence-electron chi connectivity index (χ0n) is 11.6. The van der Waals surface area contributed by atoms with Gasteiger partial charge in [-0.25, -0.2) is 13.2 Å². The second kappa shape index (κ2) is 6.90. The molecule has 0 aliphatic heterocycles. The number of halogens is 1. The van der Waals surface area contributed by atoms with Crippen molar-refractivity contribution in [1.29, 1.82) is 0 Å². The summed E-state index contributed by atoms with van der Waals surface area (Å²) in [7, 11) is 0.780. The average molecular weight is 338 g/mol. The van der Waals surface area contributed by atoms with Gasteiger partial charge in [0.2, 0.25) is 5.91 Å². The smallest absolute Gasteiger partial charge is 0.328 e. The van der Waals surface area contributed by atoms with E-state index < -0.39 is 37.6 Å². The Morgan fingerprint density at radius 1 is 1.43 bits per heavy atom. The summed E-state index contributed by atoms with van der Waals surface area (Å²) in [6.45, 7) is 4.02. The van der Waals surface area contributed by atoms with Crippen molar-refractivity contribution in [2.75, 3.05) is 6.54 Å². The summed E-state index contributed by atoms with van der Waals surface area (Å²) in [5, 5.41) is 2.59. The van der Waals surface area contributed by atoms with Gasteiger partial charge < -0.3 is 5.32 Å². The molecule has 118 valence electrons. The van der Waals surface area contributed by atoms with Crippen LogP contribution in [0.25, 0.3) is 0 Å². The van der Waals surface area contributed by atoms with E-state index in [0.29, 0.717) is 12.5 Å². The van der Waals surface area contributed by atoms with Gasteiger partial charge >= 0.3 is 5.69 Å². The number of carbonyl (C=O) groups is 1. The first-order valence-corrected chi connectivity index (χ1v) is 8.47. The molecule has 1 rings (SSSR count). The van der Waals surface area contributed by atoms with Crippen molar-refractivity contribution in [3.63, 3.8) is 0 Å². The van der Waals surface area contributed by atoms with Gasteiger partial charge in [0.05, 0.1) is 0 Å². The fraction of sp³-hybridized carbons (Fsp3) is 0.545. The molecule has 1 aromatic heterocycles. The number of aromatic nitrogens is 2. The van der Waals surface area contributed by atoms with Gasteiger partial charge in [0.25, 0.3) is 14.6 Å². The molecular formula is C11H16ClN3O5S. The number of hydrogen-bond donors (Lipinski definition) is 2. The highest BCUT2D eigenvalue weighted by Crippen LogP contribution is 2.07. The van der Waals surface area contributed by atoms with Crippen LogP contribution >= 0.6 is 10.7 Å². The highest BCUT2D eigenvalue weighted by Gasteiger charge is 2.18. The SMILES string of the molecule is CC(C)CCNC(=O)Cn1cc(S(=O)(=O)Cl)c(=O)[nH]c1=O. The molecule has 0 aliphatic rings. The molecule has 10 heteroatoms. The van der Waals surface area contributed by atoms with Crippen LogP contribution in [0.5, 0.6) is 0 Å². The Bertz CT molecular complexity index is 735. The molecule has 1 aromatic rings. The van der Waals surface area contributed by atoms with Gasteiger partial charge in [0, 0.05) is 23.4 Å². The zero-order valence-corrected chi connectivity index (χ0v) is 13.1. The topological polar surface area (TPSA) is 118 Å². The zero-order chi connectivity index (χ0) is 16.2. The molecule has 0 aromatic carbocycles. The fourth-order valence-corrected chi connectivity index (χ4v) is 2.35. The first-order chi connectivity index (χ1) is 9.61. The standard InChI is InChI=1S/C11H16ClN3O5S/c1-7(2)3-4-13-9(16)6-15-5-8(21(12,19)20)10(17)14-11(15)18/h5,7H,3-4,6H2,1-2H3,(H,13,16)(H,14,17,18). The van der Waals surface area contributed by atoms with Gasteiger partial charge in [-0.2, -0.15) is 0 Å². The summed E-state index contributed by atoms with van der Waals surface area (Å²) in [4.78, 5) is 35.5. The van der Waals surface area contributed by atoms with E-state index in [2.05, 4.69) is 5.32 Å². The van der Waals surface area contributed by atoms with E-state index in [1.54, 1.807) is 4.98 Å². The summed E-state index contributed by atoms with van der Waals surface area (Å²) in [6, 6.07) is 0. The second-order valence-corrected chi connectivity index (χ2v) is 7.39. The number of carbonyl (C=O) groups excluding carboxylic acids is 1. The Balaban J connectivity index is 2.92. The van der Waals surface area contributed by atoms with Crippen molar-refractivity contribution in [2.24, 2.45) is 5.92 Å². The molecule has 0 bridgehead atoms. The number of nitrogens with zero attached hydrogens (tertiary/aromatic N) is 1. The average Bonchev–Trinajstić information content (AvgIpc) is 2.30. The number of nitrogens with one attached hydrogen (secondary N) is 2. The summed E-state index contributed by atoms with van der Waals surface area (Å²) in [5.74, 6) is -0.0585. The first kappa shape index (κ1) is 17.4. The fourth-order valence-electron chi connectivity index (χ4n) is 1.49. The number of aromatic amines is 1. The van der Waals surface area contributed by atoms with Crippen molar-refractivity contribution < 1.29 is 13.2 Å². The van der Waals surface area contributed by atoms with Gasteiger partial charge in [-0.1, -0.05) is 13.8 Å². The maximum atomic E-state index is 11.6. The van der Waals surface area contributed by atoms with E-state index in [0.717, 1.165) is 17.2 Å². The van der Waals surface area contributed by atoms with E-state index >= 15 is 0 Å². The van der Waals surface area contributed by atoms with Gasteiger partial charge in [0.15, 0.2) is 4.90 Å². The molecule has 0 saturated heterocycles. The van der Waals surface area contributed by atoms with Gasteiger partial charge in [-0.05, 0) is 12.3 Å². The lowest BCUT2D eigenvalue weighted by atomic mass is 10.1. The molecule has 0 atom stereocenters. The van der Waals surface area contributed by atoms with Gasteiger partial charge in [0.1, 0.15) is 6.54 Å². The molecular weight excluding hydrogens is 322 g/mol. The van der Waals surface area contributed by atoms with Crippen LogP contribution in [0, 0.1) is 5.92 Å². The van der Waals surface area contributed by atoms with Crippen LogP contribution < -0.4 is 16.6 Å². The number of hydrogen-bond acceptors (Lipinski definition) is 5. The molecule has 0 fully saturated rings. The number of rotatable bonds is 6. The van der Waals surface area contributed by atoms with Crippen LogP contribution in [0.4, 0.5) is 0 Å². The van der Waals surface area contributed by atoms with E-state index in [1.807, 2.05) is 13.8 Å². The van der Waals surface area contributed by atoms with Crippen LogP contribution in [-0.4, -0.2) is 30.4 Å². The maximum absolute atomic E-state index is 11.6. The molecule has 1 amide bonds. The van der Waals surface area contributed by atoms with Crippen molar-refractivity contribution >= 4 is 25.6 Å².